The van der Waals surface area contributed by atoms with E-state index in [-0.39, 0.29) is 5.78 Å². The molecule has 1 heterocycles. The van der Waals surface area contributed by atoms with Crippen molar-refractivity contribution >= 4 is 11.5 Å². The van der Waals surface area contributed by atoms with Crippen molar-refractivity contribution in [3.63, 3.8) is 0 Å². The average molecular weight is 215 g/mol. The number of ketones is 1. The van der Waals surface area contributed by atoms with E-state index in [0.29, 0.717) is 11.3 Å². The molecule has 0 bridgehead atoms. The van der Waals surface area contributed by atoms with Crippen molar-refractivity contribution in [1.29, 1.82) is 0 Å². The van der Waals surface area contributed by atoms with Gasteiger partial charge in [0, 0.05) is 17.4 Å². The Bertz CT molecular complexity index is 543. The van der Waals surface area contributed by atoms with Gasteiger partial charge in [-0.15, -0.1) is 0 Å². The topological polar surface area (TPSA) is 60.9 Å². The van der Waals surface area contributed by atoms with E-state index in [2.05, 4.69) is 5.10 Å². The summed E-state index contributed by atoms with van der Waals surface area (Å²) in [6.07, 6.45) is 1.85. The average Bonchev–Trinajstić information content (AvgIpc) is 2.65. The Morgan fingerprint density at radius 1 is 1.38 bits per heavy atom. The smallest absolute Gasteiger partial charge is 0.161 e. The first-order valence-corrected chi connectivity index (χ1v) is 5.01. The molecule has 0 aliphatic rings. The molecule has 4 nitrogen and oxygen atoms in total. The third-order valence-corrected chi connectivity index (χ3v) is 2.40. The van der Waals surface area contributed by atoms with E-state index in [1.54, 1.807) is 16.8 Å². The fourth-order valence-electron chi connectivity index (χ4n) is 1.55. The van der Waals surface area contributed by atoms with Crippen LogP contribution in [-0.4, -0.2) is 15.6 Å². The van der Waals surface area contributed by atoms with Gasteiger partial charge in [-0.2, -0.15) is 5.10 Å². The number of nitrogens with zero attached hydrogens (tertiary/aromatic N) is 2. The highest BCUT2D eigenvalue weighted by molar-refractivity contribution is 5.99. The van der Waals surface area contributed by atoms with Crippen molar-refractivity contribution in [3.8, 4) is 5.69 Å². The van der Waals surface area contributed by atoms with Crippen LogP contribution in [0.4, 0.5) is 5.69 Å². The Labute approximate surface area is 93.7 Å². The number of aryl methyl sites for hydroxylation is 1. The maximum absolute atomic E-state index is 11.3. The normalized spacial score (nSPS) is 10.4. The second-order valence-electron chi connectivity index (χ2n) is 3.73. The molecule has 0 radical (unpaired) electrons. The van der Waals surface area contributed by atoms with Gasteiger partial charge in [-0.25, -0.2) is 4.68 Å². The van der Waals surface area contributed by atoms with Gasteiger partial charge in [-0.3, -0.25) is 4.79 Å². The van der Waals surface area contributed by atoms with Crippen LogP contribution in [0.2, 0.25) is 0 Å². The van der Waals surface area contributed by atoms with Crippen molar-refractivity contribution in [2.75, 3.05) is 5.73 Å². The van der Waals surface area contributed by atoms with E-state index >= 15 is 0 Å². The fourth-order valence-corrected chi connectivity index (χ4v) is 1.55. The van der Waals surface area contributed by atoms with Crippen molar-refractivity contribution in [2.45, 2.75) is 13.8 Å². The van der Waals surface area contributed by atoms with E-state index in [4.69, 9.17) is 5.73 Å². The number of hydrogen-bond donors (Lipinski definition) is 1. The number of anilines is 1. The standard InChI is InChI=1S/C12H13N3O/c1-8-5-6-15(14-8)10-3-4-12(13)11(7-10)9(2)16/h3-7H,13H2,1-2H3. The van der Waals surface area contributed by atoms with Gasteiger partial charge in [0.1, 0.15) is 0 Å². The molecule has 0 amide bonds. The van der Waals surface area contributed by atoms with Crippen molar-refractivity contribution in [3.05, 3.63) is 41.7 Å². The van der Waals surface area contributed by atoms with Crippen LogP contribution in [0.15, 0.2) is 30.5 Å². The van der Waals surface area contributed by atoms with Crippen molar-refractivity contribution in [1.82, 2.24) is 9.78 Å². The molecular formula is C12H13N3O. The summed E-state index contributed by atoms with van der Waals surface area (Å²) in [5.74, 6) is -0.0387. The van der Waals surface area contributed by atoms with Gasteiger partial charge in [-0.05, 0) is 38.1 Å². The van der Waals surface area contributed by atoms with Crippen LogP contribution in [-0.2, 0) is 0 Å². The molecule has 2 N–H and O–H groups in total. The number of rotatable bonds is 2. The Balaban J connectivity index is 2.51. The van der Waals surface area contributed by atoms with Crippen LogP contribution in [0.5, 0.6) is 0 Å². The van der Waals surface area contributed by atoms with Crippen LogP contribution in [0.1, 0.15) is 23.0 Å². The molecule has 0 unspecified atom stereocenters. The van der Waals surface area contributed by atoms with Crippen molar-refractivity contribution < 1.29 is 4.79 Å². The molecule has 0 aliphatic carbocycles. The quantitative estimate of drug-likeness (QED) is 0.615. The molecule has 16 heavy (non-hydrogen) atoms. The summed E-state index contributed by atoms with van der Waals surface area (Å²) in [6.45, 7) is 3.42. The van der Waals surface area contributed by atoms with Crippen LogP contribution >= 0.6 is 0 Å². The molecule has 2 rings (SSSR count). The van der Waals surface area contributed by atoms with E-state index in [1.807, 2.05) is 25.3 Å². The molecule has 2 aromatic rings. The van der Waals surface area contributed by atoms with Crippen LogP contribution in [0.3, 0.4) is 0 Å². The number of nitrogens with two attached hydrogens (primary N) is 1. The fraction of sp³-hybridized carbons (Fsp3) is 0.167. The van der Waals surface area contributed by atoms with E-state index in [0.717, 1.165) is 11.4 Å². The lowest BCUT2D eigenvalue weighted by Gasteiger charge is -2.06. The molecule has 82 valence electrons. The summed E-state index contributed by atoms with van der Waals surface area (Å²) in [5.41, 5.74) is 8.53. The first-order valence-electron chi connectivity index (χ1n) is 5.01. The summed E-state index contributed by atoms with van der Waals surface area (Å²) < 4.78 is 1.72. The Morgan fingerprint density at radius 3 is 2.69 bits per heavy atom. The molecule has 0 aliphatic heterocycles. The number of hydrogen-bond acceptors (Lipinski definition) is 3. The Morgan fingerprint density at radius 2 is 2.12 bits per heavy atom. The molecule has 1 aromatic heterocycles. The third kappa shape index (κ3) is 1.82. The number of nitrogen functional groups attached to an aromatic ring is 1. The first-order chi connectivity index (χ1) is 7.58. The second-order valence-corrected chi connectivity index (χ2v) is 3.73. The number of Topliss-reactive ketones (excluding diaryl/α,β-unsaturated/α-hetero) is 1. The van der Waals surface area contributed by atoms with Gasteiger partial charge in [-0.1, -0.05) is 0 Å². The van der Waals surface area contributed by atoms with Gasteiger partial charge in [0.25, 0.3) is 0 Å². The van der Waals surface area contributed by atoms with E-state index in [9.17, 15) is 4.79 Å². The largest absolute Gasteiger partial charge is 0.398 e. The number of carbonyl (C=O) groups is 1. The minimum Gasteiger partial charge on any atom is -0.398 e. The monoisotopic (exact) mass is 215 g/mol. The highest BCUT2D eigenvalue weighted by atomic mass is 16.1. The minimum atomic E-state index is -0.0387. The summed E-state index contributed by atoms with van der Waals surface area (Å²) in [7, 11) is 0. The zero-order valence-electron chi connectivity index (χ0n) is 9.27. The van der Waals surface area contributed by atoms with Gasteiger partial charge in [0.2, 0.25) is 0 Å². The first kappa shape index (κ1) is 10.4. The summed E-state index contributed by atoms with van der Waals surface area (Å²) >= 11 is 0. The van der Waals surface area contributed by atoms with E-state index in [1.165, 1.54) is 6.92 Å². The van der Waals surface area contributed by atoms with Crippen LogP contribution < -0.4 is 5.73 Å². The molecule has 0 spiro atoms. The maximum Gasteiger partial charge on any atom is 0.161 e. The predicted molar refractivity (Wildman–Crippen MR) is 62.7 cm³/mol. The lowest BCUT2D eigenvalue weighted by Crippen LogP contribution is -2.03. The lowest BCUT2D eigenvalue weighted by molar-refractivity contribution is 0.101. The molecule has 1 aromatic carbocycles. The summed E-state index contributed by atoms with van der Waals surface area (Å²) in [5, 5.41) is 4.28. The number of carbonyl (C=O) groups excluding carboxylic acids is 1. The maximum atomic E-state index is 11.3. The predicted octanol–water partition coefficient (Wildman–Crippen LogP) is 1.97. The Hall–Kier alpha value is -2.10. The lowest BCUT2D eigenvalue weighted by atomic mass is 10.1. The van der Waals surface area contributed by atoms with Gasteiger partial charge in [0.05, 0.1) is 11.4 Å². The second kappa shape index (κ2) is 3.81. The Kier molecular flexibility index (Phi) is 2.48. The summed E-state index contributed by atoms with van der Waals surface area (Å²) in [4.78, 5) is 11.3. The molecule has 0 saturated heterocycles. The third-order valence-electron chi connectivity index (χ3n) is 2.40. The zero-order chi connectivity index (χ0) is 11.7. The van der Waals surface area contributed by atoms with Crippen LogP contribution in [0, 0.1) is 6.92 Å². The number of aromatic nitrogens is 2. The molecular weight excluding hydrogens is 202 g/mol. The molecule has 0 fully saturated rings. The summed E-state index contributed by atoms with van der Waals surface area (Å²) in [6, 6.07) is 7.23. The highest BCUT2D eigenvalue weighted by Crippen LogP contribution is 2.17. The van der Waals surface area contributed by atoms with Crippen LogP contribution in [0.25, 0.3) is 5.69 Å². The number of benzene rings is 1. The zero-order valence-corrected chi connectivity index (χ0v) is 9.27. The molecule has 4 heteroatoms. The molecule has 0 atom stereocenters. The van der Waals surface area contributed by atoms with Crippen molar-refractivity contribution in [2.24, 2.45) is 0 Å². The van der Waals surface area contributed by atoms with Gasteiger partial charge in [0.15, 0.2) is 5.78 Å². The highest BCUT2D eigenvalue weighted by Gasteiger charge is 2.07. The molecule has 0 saturated carbocycles. The SMILES string of the molecule is CC(=O)c1cc(-n2ccc(C)n2)ccc1N. The minimum absolute atomic E-state index is 0.0387. The van der Waals surface area contributed by atoms with Gasteiger partial charge < -0.3 is 5.73 Å². The van der Waals surface area contributed by atoms with Gasteiger partial charge >= 0.3 is 0 Å². The van der Waals surface area contributed by atoms with E-state index < -0.39 is 0 Å².